The fourth-order valence-corrected chi connectivity index (χ4v) is 2.09. The van der Waals surface area contributed by atoms with Crippen molar-refractivity contribution in [1.29, 1.82) is 10.5 Å². The van der Waals surface area contributed by atoms with Gasteiger partial charge in [0.05, 0.1) is 24.3 Å². The highest BCUT2D eigenvalue weighted by Gasteiger charge is 2.11. The van der Waals surface area contributed by atoms with Crippen LogP contribution < -0.4 is 9.47 Å². The van der Waals surface area contributed by atoms with E-state index in [4.69, 9.17) is 20.0 Å². The Morgan fingerprint density at radius 2 is 1.62 bits per heavy atom. The summed E-state index contributed by atoms with van der Waals surface area (Å²) in [5, 5.41) is 18.1. The minimum absolute atomic E-state index is 0.430. The van der Waals surface area contributed by atoms with Crippen LogP contribution in [0.4, 0.5) is 0 Å². The number of aryl methyl sites for hydroxylation is 2. The van der Waals surface area contributed by atoms with Crippen molar-refractivity contribution in [2.45, 2.75) is 13.8 Å². The molecule has 2 aromatic rings. The molecular formula is C17H14N2O2. The molecule has 104 valence electrons. The van der Waals surface area contributed by atoms with Crippen LogP contribution in [0.1, 0.15) is 22.3 Å². The maximum absolute atomic E-state index is 9.17. The van der Waals surface area contributed by atoms with E-state index in [1.165, 1.54) is 0 Å². The van der Waals surface area contributed by atoms with Gasteiger partial charge in [0.15, 0.2) is 0 Å². The van der Waals surface area contributed by atoms with E-state index in [9.17, 15) is 0 Å². The van der Waals surface area contributed by atoms with E-state index >= 15 is 0 Å². The van der Waals surface area contributed by atoms with E-state index in [2.05, 4.69) is 12.1 Å². The fraction of sp³-hybridized carbons (Fsp3) is 0.176. The van der Waals surface area contributed by atoms with Crippen LogP contribution in [0.15, 0.2) is 30.3 Å². The molecule has 0 bridgehead atoms. The standard InChI is InChI=1S/C17H14N2O2/c1-11-6-13(9-18)7-12(2)17(11)21-16-8-15(20-3)5-4-14(16)10-19/h4-8H,1-3H3. The van der Waals surface area contributed by atoms with Crippen molar-refractivity contribution in [3.63, 3.8) is 0 Å². The zero-order chi connectivity index (χ0) is 15.4. The van der Waals surface area contributed by atoms with Gasteiger partial charge in [-0.15, -0.1) is 0 Å². The maximum Gasteiger partial charge on any atom is 0.148 e. The van der Waals surface area contributed by atoms with Gasteiger partial charge in [-0.1, -0.05) is 0 Å². The molecule has 0 spiro atoms. The smallest absolute Gasteiger partial charge is 0.148 e. The molecule has 0 amide bonds. The van der Waals surface area contributed by atoms with Crippen molar-refractivity contribution in [3.8, 4) is 29.4 Å². The summed E-state index contributed by atoms with van der Waals surface area (Å²) >= 11 is 0. The van der Waals surface area contributed by atoms with Crippen LogP contribution in [-0.4, -0.2) is 7.11 Å². The quantitative estimate of drug-likeness (QED) is 0.855. The number of hydrogen-bond acceptors (Lipinski definition) is 4. The molecule has 0 aliphatic rings. The topological polar surface area (TPSA) is 66.0 Å². The van der Waals surface area contributed by atoms with Gasteiger partial charge in [-0.25, -0.2) is 0 Å². The molecule has 2 rings (SSSR count). The Labute approximate surface area is 123 Å². The van der Waals surface area contributed by atoms with E-state index in [-0.39, 0.29) is 0 Å². The molecule has 0 saturated heterocycles. The number of rotatable bonds is 3. The lowest BCUT2D eigenvalue weighted by Crippen LogP contribution is -1.95. The average molecular weight is 278 g/mol. The first kappa shape index (κ1) is 14.4. The average Bonchev–Trinajstić information content (AvgIpc) is 2.50. The molecule has 0 aliphatic carbocycles. The normalized spacial score (nSPS) is 9.57. The summed E-state index contributed by atoms with van der Waals surface area (Å²) in [6.45, 7) is 3.74. The lowest BCUT2D eigenvalue weighted by Gasteiger charge is -2.14. The second-order valence-corrected chi connectivity index (χ2v) is 4.63. The Morgan fingerprint density at radius 3 is 2.14 bits per heavy atom. The molecule has 0 unspecified atom stereocenters. The summed E-state index contributed by atoms with van der Waals surface area (Å²) in [4.78, 5) is 0. The van der Waals surface area contributed by atoms with Crippen molar-refractivity contribution < 1.29 is 9.47 Å². The Morgan fingerprint density at radius 1 is 0.952 bits per heavy atom. The fourth-order valence-electron chi connectivity index (χ4n) is 2.09. The summed E-state index contributed by atoms with van der Waals surface area (Å²) in [5.74, 6) is 1.71. The molecule has 2 aromatic carbocycles. The Hall–Kier alpha value is -2.98. The third-order valence-electron chi connectivity index (χ3n) is 3.11. The monoisotopic (exact) mass is 278 g/mol. The Kier molecular flexibility index (Phi) is 4.11. The van der Waals surface area contributed by atoms with E-state index in [1.54, 1.807) is 37.4 Å². The zero-order valence-corrected chi connectivity index (χ0v) is 12.1. The molecule has 0 heterocycles. The van der Waals surface area contributed by atoms with Crippen LogP contribution in [-0.2, 0) is 0 Å². The summed E-state index contributed by atoms with van der Waals surface area (Å²) in [7, 11) is 1.56. The number of methoxy groups -OCH3 is 1. The van der Waals surface area contributed by atoms with E-state index in [1.807, 2.05) is 13.8 Å². The van der Waals surface area contributed by atoms with Crippen molar-refractivity contribution in [2.24, 2.45) is 0 Å². The minimum atomic E-state index is 0.430. The van der Waals surface area contributed by atoms with Crippen molar-refractivity contribution in [2.75, 3.05) is 7.11 Å². The first-order valence-corrected chi connectivity index (χ1v) is 6.36. The second-order valence-electron chi connectivity index (χ2n) is 4.63. The van der Waals surface area contributed by atoms with Gasteiger partial charge in [0.1, 0.15) is 23.3 Å². The molecule has 0 atom stereocenters. The van der Waals surface area contributed by atoms with Gasteiger partial charge in [-0.2, -0.15) is 10.5 Å². The van der Waals surface area contributed by atoms with E-state index in [0.29, 0.717) is 28.4 Å². The molecule has 0 aliphatic heterocycles. The van der Waals surface area contributed by atoms with Crippen LogP contribution >= 0.6 is 0 Å². The van der Waals surface area contributed by atoms with Crippen molar-refractivity contribution in [1.82, 2.24) is 0 Å². The number of benzene rings is 2. The number of hydrogen-bond donors (Lipinski definition) is 0. The first-order valence-electron chi connectivity index (χ1n) is 6.36. The molecule has 4 heteroatoms. The van der Waals surface area contributed by atoms with Crippen molar-refractivity contribution >= 4 is 0 Å². The Balaban J connectivity index is 2.48. The summed E-state index contributed by atoms with van der Waals surface area (Å²) in [6, 6.07) is 12.8. The number of nitriles is 2. The SMILES string of the molecule is COc1ccc(C#N)c(Oc2c(C)cc(C#N)cc2C)c1. The molecule has 0 saturated carbocycles. The highest BCUT2D eigenvalue weighted by atomic mass is 16.5. The lowest BCUT2D eigenvalue weighted by molar-refractivity contribution is 0.408. The van der Waals surface area contributed by atoms with E-state index < -0.39 is 0 Å². The summed E-state index contributed by atoms with van der Waals surface area (Å²) in [5.41, 5.74) is 2.71. The van der Waals surface area contributed by atoms with Gasteiger partial charge in [0, 0.05) is 6.07 Å². The van der Waals surface area contributed by atoms with Gasteiger partial charge >= 0.3 is 0 Å². The predicted molar refractivity (Wildman–Crippen MR) is 78.4 cm³/mol. The molecule has 0 fully saturated rings. The van der Waals surface area contributed by atoms with Gasteiger partial charge in [-0.05, 0) is 49.2 Å². The summed E-state index contributed by atoms with van der Waals surface area (Å²) < 4.78 is 11.0. The molecule has 0 N–H and O–H groups in total. The minimum Gasteiger partial charge on any atom is -0.497 e. The third kappa shape index (κ3) is 2.96. The molecular weight excluding hydrogens is 264 g/mol. The molecule has 0 aromatic heterocycles. The molecule has 21 heavy (non-hydrogen) atoms. The van der Waals surface area contributed by atoms with Crippen LogP contribution in [0.2, 0.25) is 0 Å². The van der Waals surface area contributed by atoms with Gasteiger partial charge < -0.3 is 9.47 Å². The third-order valence-corrected chi connectivity index (χ3v) is 3.11. The molecule has 4 nitrogen and oxygen atoms in total. The first-order chi connectivity index (χ1) is 10.1. The number of nitrogens with zero attached hydrogens (tertiary/aromatic N) is 2. The van der Waals surface area contributed by atoms with Gasteiger partial charge in [-0.3, -0.25) is 0 Å². The van der Waals surface area contributed by atoms with Crippen molar-refractivity contribution in [3.05, 3.63) is 52.6 Å². The van der Waals surface area contributed by atoms with Crippen LogP contribution in [0.5, 0.6) is 17.2 Å². The predicted octanol–water partition coefficient (Wildman–Crippen LogP) is 3.85. The Bertz CT molecular complexity index is 744. The largest absolute Gasteiger partial charge is 0.497 e. The lowest BCUT2D eigenvalue weighted by atomic mass is 10.1. The van der Waals surface area contributed by atoms with E-state index in [0.717, 1.165) is 11.1 Å². The molecule has 0 radical (unpaired) electrons. The number of ether oxygens (including phenoxy) is 2. The summed E-state index contributed by atoms with van der Waals surface area (Å²) in [6.07, 6.45) is 0. The van der Waals surface area contributed by atoms with Crippen LogP contribution in [0, 0.1) is 36.5 Å². The van der Waals surface area contributed by atoms with Gasteiger partial charge in [0.25, 0.3) is 0 Å². The maximum atomic E-state index is 9.17. The van der Waals surface area contributed by atoms with Gasteiger partial charge in [0.2, 0.25) is 0 Å². The highest BCUT2D eigenvalue weighted by molar-refractivity contribution is 5.53. The zero-order valence-electron chi connectivity index (χ0n) is 12.1. The highest BCUT2D eigenvalue weighted by Crippen LogP contribution is 2.33. The second kappa shape index (κ2) is 5.98. The van der Waals surface area contributed by atoms with Crippen LogP contribution in [0.3, 0.4) is 0 Å². The van der Waals surface area contributed by atoms with Crippen LogP contribution in [0.25, 0.3) is 0 Å².